The molecule has 1 aliphatic rings. The van der Waals surface area contributed by atoms with Crippen LogP contribution in [0.4, 0.5) is 0 Å². The van der Waals surface area contributed by atoms with Crippen LogP contribution in [-0.2, 0) is 0 Å². The van der Waals surface area contributed by atoms with Gasteiger partial charge in [0.1, 0.15) is 0 Å². The molecule has 0 radical (unpaired) electrons. The van der Waals surface area contributed by atoms with Crippen LogP contribution in [0.15, 0.2) is 5.38 Å². The molecule has 1 heterocycles. The van der Waals surface area contributed by atoms with Crippen molar-refractivity contribution in [2.45, 2.75) is 38.1 Å². The lowest BCUT2D eigenvalue weighted by Gasteiger charge is -2.03. The number of hydrogen-bond donors (Lipinski definition) is 1. The molecular weight excluding hydrogens is 204 g/mol. The Morgan fingerprint density at radius 1 is 1.54 bits per heavy atom. The van der Waals surface area contributed by atoms with E-state index in [-0.39, 0.29) is 12.4 Å². The van der Waals surface area contributed by atoms with Gasteiger partial charge in [0, 0.05) is 23.0 Å². The van der Waals surface area contributed by atoms with Crippen molar-refractivity contribution in [1.82, 2.24) is 4.98 Å². The predicted molar refractivity (Wildman–Crippen MR) is 58.7 cm³/mol. The van der Waals surface area contributed by atoms with E-state index in [0.717, 1.165) is 12.1 Å². The van der Waals surface area contributed by atoms with Crippen LogP contribution in [0.2, 0.25) is 0 Å². The molecule has 2 N–H and O–H groups in total. The predicted octanol–water partition coefficient (Wildman–Crippen LogP) is 2.47. The molecule has 4 heteroatoms. The Kier molecular flexibility index (Phi) is 3.71. The highest BCUT2D eigenvalue weighted by Gasteiger charge is 2.24. The van der Waals surface area contributed by atoms with Gasteiger partial charge in [-0.1, -0.05) is 0 Å². The Morgan fingerprint density at radius 2 is 2.31 bits per heavy atom. The number of aryl methyl sites for hydroxylation is 1. The highest BCUT2D eigenvalue weighted by atomic mass is 35.5. The maximum absolute atomic E-state index is 5.85. The molecule has 0 saturated heterocycles. The van der Waals surface area contributed by atoms with Gasteiger partial charge in [-0.25, -0.2) is 4.98 Å². The summed E-state index contributed by atoms with van der Waals surface area (Å²) in [6.45, 7) is 2.05. The van der Waals surface area contributed by atoms with Gasteiger partial charge in [-0.05, 0) is 26.2 Å². The van der Waals surface area contributed by atoms with E-state index in [2.05, 4.69) is 17.3 Å². The van der Waals surface area contributed by atoms with Crippen LogP contribution in [-0.4, -0.2) is 11.0 Å². The highest BCUT2D eigenvalue weighted by molar-refractivity contribution is 7.09. The summed E-state index contributed by atoms with van der Waals surface area (Å²) in [4.78, 5) is 4.49. The topological polar surface area (TPSA) is 38.9 Å². The van der Waals surface area contributed by atoms with Gasteiger partial charge in [0.25, 0.3) is 0 Å². The van der Waals surface area contributed by atoms with Crippen molar-refractivity contribution in [2.75, 3.05) is 0 Å². The molecular formula is C9H15ClN2S. The molecule has 1 saturated carbocycles. The average Bonchev–Trinajstić information content (AvgIpc) is 2.58. The summed E-state index contributed by atoms with van der Waals surface area (Å²) >= 11 is 1.78. The van der Waals surface area contributed by atoms with E-state index in [1.54, 1.807) is 11.3 Å². The van der Waals surface area contributed by atoms with Crippen LogP contribution in [0.1, 0.15) is 35.9 Å². The largest absolute Gasteiger partial charge is 0.328 e. The van der Waals surface area contributed by atoms with Gasteiger partial charge in [-0.2, -0.15) is 0 Å². The molecule has 2 atom stereocenters. The number of aromatic nitrogens is 1. The van der Waals surface area contributed by atoms with E-state index in [9.17, 15) is 0 Å². The van der Waals surface area contributed by atoms with Crippen molar-refractivity contribution in [3.8, 4) is 0 Å². The Bertz CT molecular complexity index is 274. The van der Waals surface area contributed by atoms with Crippen LogP contribution >= 0.6 is 23.7 Å². The summed E-state index contributed by atoms with van der Waals surface area (Å²) in [6.07, 6.45) is 3.53. The van der Waals surface area contributed by atoms with Gasteiger partial charge in [-0.15, -0.1) is 23.7 Å². The van der Waals surface area contributed by atoms with Gasteiger partial charge in [-0.3, -0.25) is 0 Å². The Hall–Kier alpha value is -0.120. The van der Waals surface area contributed by atoms with Gasteiger partial charge < -0.3 is 5.73 Å². The van der Waals surface area contributed by atoms with Crippen molar-refractivity contribution in [1.29, 1.82) is 0 Å². The number of thiazole rings is 1. The van der Waals surface area contributed by atoms with Gasteiger partial charge in [0.05, 0.1) is 5.01 Å². The molecule has 13 heavy (non-hydrogen) atoms. The lowest BCUT2D eigenvalue weighted by Crippen LogP contribution is -2.14. The molecule has 0 aliphatic heterocycles. The summed E-state index contributed by atoms with van der Waals surface area (Å²) in [7, 11) is 0. The van der Waals surface area contributed by atoms with Crippen LogP contribution in [0.3, 0.4) is 0 Å². The molecule has 1 fully saturated rings. The molecule has 1 aromatic rings. The lowest BCUT2D eigenvalue weighted by atomic mass is 10.1. The first kappa shape index (κ1) is 11.0. The lowest BCUT2D eigenvalue weighted by molar-refractivity contribution is 0.671. The average molecular weight is 219 g/mol. The molecule has 0 unspecified atom stereocenters. The van der Waals surface area contributed by atoms with Crippen molar-refractivity contribution in [2.24, 2.45) is 5.73 Å². The first-order valence-electron chi connectivity index (χ1n) is 4.43. The third kappa shape index (κ3) is 2.42. The zero-order valence-corrected chi connectivity index (χ0v) is 9.33. The first-order chi connectivity index (χ1) is 5.75. The van der Waals surface area contributed by atoms with E-state index >= 15 is 0 Å². The number of nitrogens with zero attached hydrogens (tertiary/aromatic N) is 1. The normalized spacial score (nSPS) is 27.2. The molecule has 1 aliphatic carbocycles. The molecule has 2 nitrogen and oxygen atoms in total. The zero-order valence-electron chi connectivity index (χ0n) is 7.69. The number of halogens is 1. The van der Waals surface area contributed by atoms with Crippen LogP contribution < -0.4 is 5.73 Å². The molecule has 0 bridgehead atoms. The maximum Gasteiger partial charge on any atom is 0.0959 e. The third-order valence-electron chi connectivity index (χ3n) is 2.46. The number of nitrogens with two attached hydrogens (primary N) is 1. The van der Waals surface area contributed by atoms with Crippen LogP contribution in [0.5, 0.6) is 0 Å². The van der Waals surface area contributed by atoms with Crippen molar-refractivity contribution < 1.29 is 0 Å². The van der Waals surface area contributed by atoms with Crippen LogP contribution in [0.25, 0.3) is 0 Å². The van der Waals surface area contributed by atoms with E-state index in [0.29, 0.717) is 12.0 Å². The molecule has 74 valence electrons. The Labute approximate surface area is 89.0 Å². The molecule has 0 amide bonds. The van der Waals surface area contributed by atoms with Crippen molar-refractivity contribution in [3.05, 3.63) is 16.1 Å². The monoisotopic (exact) mass is 218 g/mol. The summed E-state index contributed by atoms with van der Waals surface area (Å²) in [5, 5.41) is 3.42. The fraction of sp³-hybridized carbons (Fsp3) is 0.667. The zero-order chi connectivity index (χ0) is 8.55. The molecule has 2 rings (SSSR count). The second-order valence-corrected chi connectivity index (χ2v) is 4.49. The highest BCUT2D eigenvalue weighted by Crippen LogP contribution is 2.34. The first-order valence-corrected chi connectivity index (χ1v) is 5.31. The van der Waals surface area contributed by atoms with Crippen molar-refractivity contribution in [3.63, 3.8) is 0 Å². The summed E-state index contributed by atoms with van der Waals surface area (Å²) in [6, 6.07) is 0.416. The molecule has 0 spiro atoms. The standard InChI is InChI=1S/C9H14N2S.ClH/c1-6-5-12-9(11-6)7-2-3-8(10)4-7;/h5,7-8H,2-4,10H2,1H3;1H/t7-,8+;/m1./s1. The van der Waals surface area contributed by atoms with E-state index in [1.807, 2.05) is 0 Å². The Morgan fingerprint density at radius 3 is 2.77 bits per heavy atom. The summed E-state index contributed by atoms with van der Waals surface area (Å²) in [5.74, 6) is 0.652. The minimum Gasteiger partial charge on any atom is -0.328 e. The molecule has 0 aromatic carbocycles. The minimum atomic E-state index is 0. The van der Waals surface area contributed by atoms with Gasteiger partial charge in [0.2, 0.25) is 0 Å². The van der Waals surface area contributed by atoms with E-state index < -0.39 is 0 Å². The minimum absolute atomic E-state index is 0. The molecule has 1 aromatic heterocycles. The summed E-state index contributed by atoms with van der Waals surface area (Å²) < 4.78 is 0. The van der Waals surface area contributed by atoms with E-state index in [1.165, 1.54) is 17.8 Å². The second-order valence-electron chi connectivity index (χ2n) is 3.60. The maximum atomic E-state index is 5.85. The van der Waals surface area contributed by atoms with Crippen molar-refractivity contribution >= 4 is 23.7 Å². The fourth-order valence-corrected chi connectivity index (χ4v) is 2.75. The fourth-order valence-electron chi connectivity index (χ4n) is 1.80. The van der Waals surface area contributed by atoms with Crippen LogP contribution in [0, 0.1) is 6.92 Å². The summed E-state index contributed by atoms with van der Waals surface area (Å²) in [5.41, 5.74) is 6.99. The Balaban J connectivity index is 0.000000845. The number of hydrogen-bond acceptors (Lipinski definition) is 3. The smallest absolute Gasteiger partial charge is 0.0959 e. The SMILES string of the molecule is Cc1csc([C@@H]2CC[C@H](N)C2)n1.Cl. The van der Waals surface area contributed by atoms with E-state index in [4.69, 9.17) is 5.73 Å². The third-order valence-corrected chi connectivity index (χ3v) is 3.58. The quantitative estimate of drug-likeness (QED) is 0.787. The van der Waals surface area contributed by atoms with Gasteiger partial charge >= 0.3 is 0 Å². The van der Waals surface area contributed by atoms with Gasteiger partial charge in [0.15, 0.2) is 0 Å². The second kappa shape index (κ2) is 4.40. The number of rotatable bonds is 1.